The molecule has 7 heteroatoms. The smallest absolute Gasteiger partial charge is 0.270 e. The summed E-state index contributed by atoms with van der Waals surface area (Å²) in [6.07, 6.45) is 1.30. The van der Waals surface area contributed by atoms with Gasteiger partial charge in [-0.05, 0) is 6.92 Å². The Morgan fingerprint density at radius 1 is 1.78 bits per heavy atom. The molecule has 18 heavy (non-hydrogen) atoms. The number of aromatic nitrogens is 2. The summed E-state index contributed by atoms with van der Waals surface area (Å²) < 4.78 is 5.25. The van der Waals surface area contributed by atoms with Gasteiger partial charge in [0.25, 0.3) is 11.5 Å². The molecule has 7 nitrogen and oxygen atoms in total. The predicted molar refractivity (Wildman–Crippen MR) is 62.2 cm³/mol. The van der Waals surface area contributed by atoms with Crippen LogP contribution in [0, 0.1) is 0 Å². The van der Waals surface area contributed by atoms with E-state index in [1.165, 1.54) is 0 Å². The van der Waals surface area contributed by atoms with Gasteiger partial charge < -0.3 is 20.1 Å². The quantitative estimate of drug-likeness (QED) is 0.643. The van der Waals surface area contributed by atoms with Gasteiger partial charge in [-0.15, -0.1) is 0 Å². The van der Waals surface area contributed by atoms with Crippen molar-refractivity contribution in [2.75, 3.05) is 13.2 Å². The third-order valence-corrected chi connectivity index (χ3v) is 3.13. The van der Waals surface area contributed by atoms with Crippen LogP contribution in [0.5, 0.6) is 0 Å². The Labute approximate surface area is 103 Å². The van der Waals surface area contributed by atoms with Crippen LogP contribution >= 0.6 is 0 Å². The zero-order chi connectivity index (χ0) is 13.2. The van der Waals surface area contributed by atoms with Crippen LogP contribution in [-0.4, -0.2) is 45.8 Å². The zero-order valence-corrected chi connectivity index (χ0v) is 9.97. The fourth-order valence-electron chi connectivity index (χ4n) is 1.82. The summed E-state index contributed by atoms with van der Waals surface area (Å²) in [6.45, 7) is 2.29. The van der Waals surface area contributed by atoms with Crippen molar-refractivity contribution >= 4 is 5.91 Å². The minimum absolute atomic E-state index is 0.0221. The van der Waals surface area contributed by atoms with E-state index in [9.17, 15) is 14.7 Å². The van der Waals surface area contributed by atoms with E-state index in [2.05, 4.69) is 15.3 Å². The second-order valence-electron chi connectivity index (χ2n) is 4.35. The maximum atomic E-state index is 11.7. The van der Waals surface area contributed by atoms with Crippen LogP contribution in [0.1, 0.15) is 23.8 Å². The molecule has 1 aromatic heterocycles. The number of carbonyl (C=O) groups is 1. The van der Waals surface area contributed by atoms with Crippen molar-refractivity contribution < 1.29 is 14.6 Å². The van der Waals surface area contributed by atoms with Crippen LogP contribution in [0.2, 0.25) is 0 Å². The zero-order valence-electron chi connectivity index (χ0n) is 9.97. The largest absolute Gasteiger partial charge is 0.385 e. The van der Waals surface area contributed by atoms with Crippen molar-refractivity contribution in [3.05, 3.63) is 28.4 Å². The highest BCUT2D eigenvalue weighted by molar-refractivity contribution is 5.92. The molecule has 1 amide bonds. The van der Waals surface area contributed by atoms with Crippen LogP contribution in [0.4, 0.5) is 0 Å². The third-order valence-electron chi connectivity index (χ3n) is 3.13. The third kappa shape index (κ3) is 2.57. The normalized spacial score (nSPS) is 27.1. The minimum atomic E-state index is -1.06. The van der Waals surface area contributed by atoms with Crippen LogP contribution in [-0.2, 0) is 4.74 Å². The molecule has 0 bridgehead atoms. The van der Waals surface area contributed by atoms with E-state index < -0.39 is 17.1 Å². The number of rotatable bonds is 3. The van der Waals surface area contributed by atoms with E-state index in [-0.39, 0.29) is 18.3 Å². The fraction of sp³-hybridized carbons (Fsp3) is 0.545. The first-order valence-electron chi connectivity index (χ1n) is 5.68. The Bertz CT molecular complexity index is 501. The molecule has 0 aromatic carbocycles. The number of hydrogen-bond acceptors (Lipinski definition) is 5. The average molecular weight is 253 g/mol. The molecule has 0 saturated carbocycles. The van der Waals surface area contributed by atoms with Gasteiger partial charge in [-0.3, -0.25) is 9.59 Å². The van der Waals surface area contributed by atoms with E-state index in [1.54, 1.807) is 6.92 Å². The molecule has 2 atom stereocenters. The summed E-state index contributed by atoms with van der Waals surface area (Å²) in [6, 6.07) is 1.11. The molecule has 2 heterocycles. The number of H-pyrrole nitrogens is 1. The number of hydrogen-bond donors (Lipinski definition) is 3. The second kappa shape index (κ2) is 4.87. The van der Waals surface area contributed by atoms with Crippen LogP contribution in [0.3, 0.4) is 0 Å². The lowest BCUT2D eigenvalue weighted by atomic mass is 9.97. The van der Waals surface area contributed by atoms with E-state index in [0.29, 0.717) is 13.0 Å². The molecule has 1 aromatic rings. The number of amides is 1. The van der Waals surface area contributed by atoms with Crippen molar-refractivity contribution in [2.24, 2.45) is 0 Å². The van der Waals surface area contributed by atoms with Gasteiger partial charge in [0.05, 0.1) is 12.4 Å². The van der Waals surface area contributed by atoms with Crippen LogP contribution in [0.15, 0.2) is 17.2 Å². The Morgan fingerprint density at radius 3 is 3.17 bits per heavy atom. The highest BCUT2D eigenvalue weighted by Crippen LogP contribution is 2.24. The van der Waals surface area contributed by atoms with Crippen molar-refractivity contribution in [1.82, 2.24) is 15.3 Å². The van der Waals surface area contributed by atoms with Crippen molar-refractivity contribution in [3.8, 4) is 0 Å². The number of carbonyl (C=O) groups excluding carboxylic acids is 1. The average Bonchev–Trinajstić information content (AvgIpc) is 2.67. The summed E-state index contributed by atoms with van der Waals surface area (Å²) in [5, 5.41) is 12.7. The van der Waals surface area contributed by atoms with Crippen LogP contribution in [0.25, 0.3) is 0 Å². The summed E-state index contributed by atoms with van der Waals surface area (Å²) in [5.41, 5.74) is -1.43. The standard InChI is InChI=1S/C11H15N3O4/c1-7-11(17,2-3-18-7)5-12-10(16)8-4-9(15)14-6-13-8/h4,6-7,17H,2-3,5H2,1H3,(H,12,16)(H,13,14,15). The lowest BCUT2D eigenvalue weighted by molar-refractivity contribution is -0.0252. The van der Waals surface area contributed by atoms with E-state index in [4.69, 9.17) is 4.74 Å². The topological polar surface area (TPSA) is 104 Å². The SMILES string of the molecule is CC1OCCC1(O)CNC(=O)c1cc(=O)[nH]cn1. The molecule has 2 rings (SSSR count). The number of nitrogens with one attached hydrogen (secondary N) is 2. The van der Waals surface area contributed by atoms with E-state index >= 15 is 0 Å². The van der Waals surface area contributed by atoms with Crippen molar-refractivity contribution in [1.29, 1.82) is 0 Å². The minimum Gasteiger partial charge on any atom is -0.385 e. The van der Waals surface area contributed by atoms with Gasteiger partial charge in [0.1, 0.15) is 11.3 Å². The summed E-state index contributed by atoms with van der Waals surface area (Å²) in [7, 11) is 0. The molecular formula is C11H15N3O4. The molecule has 1 aliphatic rings. The second-order valence-corrected chi connectivity index (χ2v) is 4.35. The Morgan fingerprint density at radius 2 is 2.56 bits per heavy atom. The first kappa shape index (κ1) is 12.7. The number of aromatic amines is 1. The van der Waals surface area contributed by atoms with Gasteiger partial charge in [0.2, 0.25) is 0 Å². The summed E-state index contributed by atoms with van der Waals surface area (Å²) in [5.74, 6) is -0.492. The predicted octanol–water partition coefficient (Wildman–Crippen LogP) is -0.960. The summed E-state index contributed by atoms with van der Waals surface area (Å²) >= 11 is 0. The highest BCUT2D eigenvalue weighted by atomic mass is 16.5. The Kier molecular flexibility index (Phi) is 3.44. The first-order chi connectivity index (χ1) is 8.51. The molecule has 2 unspecified atom stereocenters. The van der Waals surface area contributed by atoms with E-state index in [0.717, 1.165) is 12.4 Å². The molecule has 0 aliphatic carbocycles. The van der Waals surface area contributed by atoms with Crippen molar-refractivity contribution in [3.63, 3.8) is 0 Å². The molecule has 0 spiro atoms. The Balaban J connectivity index is 1.98. The van der Waals surface area contributed by atoms with Gasteiger partial charge in [0.15, 0.2) is 0 Å². The maximum Gasteiger partial charge on any atom is 0.270 e. The van der Waals surface area contributed by atoms with Crippen molar-refractivity contribution in [2.45, 2.75) is 25.0 Å². The number of aliphatic hydroxyl groups is 1. The number of ether oxygens (including phenoxy) is 1. The first-order valence-corrected chi connectivity index (χ1v) is 5.68. The molecule has 3 N–H and O–H groups in total. The van der Waals surface area contributed by atoms with E-state index in [1.807, 2.05) is 0 Å². The molecular weight excluding hydrogens is 238 g/mol. The van der Waals surface area contributed by atoms with Crippen LogP contribution < -0.4 is 10.9 Å². The lowest BCUT2D eigenvalue weighted by Gasteiger charge is -2.25. The lowest BCUT2D eigenvalue weighted by Crippen LogP contribution is -2.47. The molecule has 0 radical (unpaired) electrons. The molecule has 1 fully saturated rings. The Hall–Kier alpha value is -1.73. The van der Waals surface area contributed by atoms with Gasteiger partial charge in [0, 0.05) is 25.6 Å². The fourth-order valence-corrected chi connectivity index (χ4v) is 1.82. The van der Waals surface area contributed by atoms with Gasteiger partial charge in [-0.1, -0.05) is 0 Å². The molecule has 98 valence electrons. The van der Waals surface area contributed by atoms with Gasteiger partial charge in [-0.2, -0.15) is 0 Å². The molecule has 1 saturated heterocycles. The van der Waals surface area contributed by atoms with Gasteiger partial charge >= 0.3 is 0 Å². The molecule has 1 aliphatic heterocycles. The monoisotopic (exact) mass is 253 g/mol. The summed E-state index contributed by atoms with van der Waals surface area (Å²) in [4.78, 5) is 28.8. The number of nitrogens with zero attached hydrogens (tertiary/aromatic N) is 1. The maximum absolute atomic E-state index is 11.7. The highest BCUT2D eigenvalue weighted by Gasteiger charge is 2.39. The van der Waals surface area contributed by atoms with Gasteiger partial charge in [-0.25, -0.2) is 4.98 Å².